The second kappa shape index (κ2) is 12.2. The fourth-order valence-corrected chi connectivity index (χ4v) is 8.75. The fourth-order valence-electron chi connectivity index (χ4n) is 8.75. The fraction of sp³-hybridized carbons (Fsp3) is 0. The van der Waals surface area contributed by atoms with E-state index < -0.39 is 0 Å². The summed E-state index contributed by atoms with van der Waals surface area (Å²) in [7, 11) is 0. The molecule has 0 amide bonds. The Hall–Kier alpha value is -7.16. The van der Waals surface area contributed by atoms with Gasteiger partial charge >= 0.3 is 0 Å². The van der Waals surface area contributed by atoms with Crippen molar-refractivity contribution in [3.8, 4) is 44.6 Å². The highest BCUT2D eigenvalue weighted by Crippen LogP contribution is 2.47. The number of hydrogen-bond acceptors (Lipinski definition) is 2. The van der Waals surface area contributed by atoms with Gasteiger partial charge in [0.1, 0.15) is 0 Å². The predicted molar refractivity (Wildman–Crippen MR) is 229 cm³/mol. The lowest BCUT2D eigenvalue weighted by Crippen LogP contribution is -1.93. The lowest BCUT2D eigenvalue weighted by molar-refractivity contribution is 1.41. The van der Waals surface area contributed by atoms with Gasteiger partial charge in [0.15, 0.2) is 0 Å². The average Bonchev–Trinajstić information content (AvgIpc) is 3.25. The quantitative estimate of drug-likeness (QED) is 0.136. The highest BCUT2D eigenvalue weighted by atomic mass is 14.7. The van der Waals surface area contributed by atoms with Gasteiger partial charge in [0.2, 0.25) is 0 Å². The van der Waals surface area contributed by atoms with E-state index in [1.165, 1.54) is 65.3 Å². The lowest BCUT2D eigenvalue weighted by Gasteiger charge is -2.20. The number of rotatable bonds is 4. The highest BCUT2D eigenvalue weighted by molar-refractivity contribution is 6.28. The highest BCUT2D eigenvalue weighted by Gasteiger charge is 2.20. The SMILES string of the molecule is c1ccc(-c2nc3ccccc3c3c2ccc2c(-c4c5ccccc5c(-c5cccc(-c6cccc7cccnc67)c5)c5ccccc45)cccc23)cc1. The molecule has 0 radical (unpaired) electrons. The molecule has 0 unspecified atom stereocenters. The number of benzene rings is 9. The van der Waals surface area contributed by atoms with Crippen LogP contribution in [-0.4, -0.2) is 9.97 Å². The van der Waals surface area contributed by atoms with Crippen LogP contribution in [0.5, 0.6) is 0 Å². The van der Waals surface area contributed by atoms with Crippen molar-refractivity contribution < 1.29 is 0 Å². The maximum Gasteiger partial charge on any atom is 0.0788 e. The van der Waals surface area contributed by atoms with Gasteiger partial charge in [-0.05, 0) is 78.3 Å². The number of para-hydroxylation sites is 2. The van der Waals surface area contributed by atoms with Gasteiger partial charge < -0.3 is 0 Å². The topological polar surface area (TPSA) is 25.8 Å². The first-order valence-corrected chi connectivity index (χ1v) is 18.5. The number of hydrogen-bond donors (Lipinski definition) is 0. The number of nitrogens with zero attached hydrogens (tertiary/aromatic N) is 2. The molecule has 0 atom stereocenters. The molecule has 0 bridgehead atoms. The molecule has 9 aromatic carbocycles. The first-order chi connectivity index (χ1) is 26.8. The first kappa shape index (κ1) is 30.5. The van der Waals surface area contributed by atoms with E-state index in [1.54, 1.807) is 0 Å². The molecule has 0 aliphatic heterocycles. The second-order valence-corrected chi connectivity index (χ2v) is 14.0. The van der Waals surface area contributed by atoms with Crippen molar-refractivity contribution in [1.29, 1.82) is 0 Å². The summed E-state index contributed by atoms with van der Waals surface area (Å²) in [5.74, 6) is 0. The van der Waals surface area contributed by atoms with Crippen molar-refractivity contribution in [2.75, 3.05) is 0 Å². The minimum Gasteiger partial charge on any atom is -0.256 e. The zero-order valence-corrected chi connectivity index (χ0v) is 29.4. The van der Waals surface area contributed by atoms with E-state index >= 15 is 0 Å². The molecule has 2 heterocycles. The molecule has 250 valence electrons. The lowest BCUT2D eigenvalue weighted by atomic mass is 9.83. The Morgan fingerprint density at radius 3 is 1.70 bits per heavy atom. The monoisotopic (exact) mass is 684 g/mol. The summed E-state index contributed by atoms with van der Waals surface area (Å²) in [6.45, 7) is 0. The van der Waals surface area contributed by atoms with Crippen LogP contribution in [0.15, 0.2) is 194 Å². The summed E-state index contributed by atoms with van der Waals surface area (Å²) in [4.78, 5) is 10.0. The first-order valence-electron chi connectivity index (χ1n) is 18.5. The third kappa shape index (κ3) is 4.67. The van der Waals surface area contributed by atoms with Gasteiger partial charge in [0.05, 0.1) is 16.7 Å². The van der Waals surface area contributed by atoms with Crippen LogP contribution in [0.4, 0.5) is 0 Å². The Bertz CT molecular complexity index is 3210. The summed E-state index contributed by atoms with van der Waals surface area (Å²) >= 11 is 0. The maximum atomic E-state index is 5.22. The van der Waals surface area contributed by atoms with E-state index in [0.29, 0.717) is 0 Å². The van der Waals surface area contributed by atoms with Gasteiger partial charge in [0, 0.05) is 38.9 Å². The van der Waals surface area contributed by atoms with Crippen LogP contribution in [-0.2, 0) is 0 Å². The summed E-state index contributed by atoms with van der Waals surface area (Å²) in [6, 6.07) is 68.0. The van der Waals surface area contributed by atoms with Crippen LogP contribution in [0.1, 0.15) is 0 Å². The zero-order valence-electron chi connectivity index (χ0n) is 29.4. The Kier molecular flexibility index (Phi) is 6.90. The Morgan fingerprint density at radius 1 is 0.333 bits per heavy atom. The summed E-state index contributed by atoms with van der Waals surface area (Å²) in [5.41, 5.74) is 11.4. The van der Waals surface area contributed by atoms with Gasteiger partial charge in [-0.25, -0.2) is 4.98 Å². The third-order valence-electron chi connectivity index (χ3n) is 11.1. The summed E-state index contributed by atoms with van der Waals surface area (Å²) in [5, 5.41) is 12.1. The molecular formula is C52H32N2. The molecule has 0 spiro atoms. The minimum absolute atomic E-state index is 1.00. The van der Waals surface area contributed by atoms with E-state index in [2.05, 4.69) is 182 Å². The van der Waals surface area contributed by atoms with Crippen LogP contribution in [0.2, 0.25) is 0 Å². The van der Waals surface area contributed by atoms with E-state index in [0.717, 1.165) is 44.2 Å². The normalized spacial score (nSPS) is 11.7. The number of fused-ring (bicyclic) bond motifs is 8. The van der Waals surface area contributed by atoms with Crippen molar-refractivity contribution in [2.45, 2.75) is 0 Å². The minimum atomic E-state index is 1.00. The van der Waals surface area contributed by atoms with Gasteiger partial charge in [-0.1, -0.05) is 170 Å². The molecule has 0 saturated carbocycles. The number of pyridine rings is 2. The van der Waals surface area contributed by atoms with Gasteiger partial charge in [0.25, 0.3) is 0 Å². The molecule has 54 heavy (non-hydrogen) atoms. The van der Waals surface area contributed by atoms with E-state index in [-0.39, 0.29) is 0 Å². The smallest absolute Gasteiger partial charge is 0.0788 e. The molecule has 0 aliphatic rings. The molecule has 11 aromatic rings. The van der Waals surface area contributed by atoms with Crippen molar-refractivity contribution in [2.24, 2.45) is 0 Å². The average molecular weight is 685 g/mol. The maximum absolute atomic E-state index is 5.22. The summed E-state index contributed by atoms with van der Waals surface area (Å²) < 4.78 is 0. The molecule has 2 nitrogen and oxygen atoms in total. The van der Waals surface area contributed by atoms with E-state index in [1.807, 2.05) is 12.3 Å². The van der Waals surface area contributed by atoms with Crippen LogP contribution >= 0.6 is 0 Å². The van der Waals surface area contributed by atoms with Crippen molar-refractivity contribution >= 4 is 64.9 Å². The molecule has 11 rings (SSSR count). The largest absolute Gasteiger partial charge is 0.256 e. The molecule has 2 aromatic heterocycles. The molecular weight excluding hydrogens is 653 g/mol. The molecule has 0 fully saturated rings. The molecule has 0 N–H and O–H groups in total. The van der Waals surface area contributed by atoms with Gasteiger partial charge in [-0.3, -0.25) is 4.98 Å². The van der Waals surface area contributed by atoms with Crippen molar-refractivity contribution in [1.82, 2.24) is 9.97 Å². The second-order valence-electron chi connectivity index (χ2n) is 14.0. The van der Waals surface area contributed by atoms with E-state index in [4.69, 9.17) is 9.97 Å². The molecule has 0 aliphatic carbocycles. The third-order valence-corrected chi connectivity index (χ3v) is 11.1. The van der Waals surface area contributed by atoms with Crippen LogP contribution in [0.25, 0.3) is 110 Å². The predicted octanol–water partition coefficient (Wildman–Crippen LogP) is 14.1. The van der Waals surface area contributed by atoms with Gasteiger partial charge in [-0.2, -0.15) is 0 Å². The summed E-state index contributed by atoms with van der Waals surface area (Å²) in [6.07, 6.45) is 1.88. The van der Waals surface area contributed by atoms with Crippen LogP contribution < -0.4 is 0 Å². The van der Waals surface area contributed by atoms with Crippen LogP contribution in [0.3, 0.4) is 0 Å². The molecule has 2 heteroatoms. The zero-order chi connectivity index (χ0) is 35.6. The van der Waals surface area contributed by atoms with Crippen molar-refractivity contribution in [3.05, 3.63) is 194 Å². The van der Waals surface area contributed by atoms with Crippen LogP contribution in [0, 0.1) is 0 Å². The van der Waals surface area contributed by atoms with E-state index in [9.17, 15) is 0 Å². The number of aromatic nitrogens is 2. The van der Waals surface area contributed by atoms with Crippen molar-refractivity contribution in [3.63, 3.8) is 0 Å². The Balaban J connectivity index is 1.20. The molecule has 0 saturated heterocycles. The van der Waals surface area contributed by atoms with Gasteiger partial charge in [-0.15, -0.1) is 0 Å². The standard InChI is InChI=1S/C52H32N2/c1-2-14-34(15-3-1)52-46-30-29-38-39(26-12-27-40(38)50(46)45-24-8-9-28-47(45)54-52)49-43-22-6-4-20-41(43)48(42-21-5-7-23-44(42)49)36-18-10-17-35(32-36)37-25-11-16-33-19-13-31-53-51(33)37/h1-32H. The Morgan fingerprint density at radius 2 is 0.907 bits per heavy atom. The Labute approximate surface area is 312 Å².